The normalized spacial score (nSPS) is 11.5. The molecule has 0 radical (unpaired) electrons. The van der Waals surface area contributed by atoms with Gasteiger partial charge >= 0.3 is 5.97 Å². The molecule has 3 aromatic rings. The van der Waals surface area contributed by atoms with Gasteiger partial charge in [0, 0.05) is 11.6 Å². The molecule has 0 fully saturated rings. The lowest BCUT2D eigenvalue weighted by atomic mass is 9.87. The van der Waals surface area contributed by atoms with Gasteiger partial charge in [0.25, 0.3) is 5.91 Å². The van der Waals surface area contributed by atoms with Crippen LogP contribution in [0.3, 0.4) is 0 Å². The molecule has 0 saturated heterocycles. The number of hydrogen-bond acceptors (Lipinski definition) is 5. The van der Waals surface area contributed by atoms with E-state index in [9.17, 15) is 9.59 Å². The van der Waals surface area contributed by atoms with Crippen molar-refractivity contribution >= 4 is 24.2 Å². The van der Waals surface area contributed by atoms with Crippen LogP contribution in [0.25, 0.3) is 6.08 Å². The maximum Gasteiger partial charge on any atom is 0.336 e. The molecule has 174 valence electrons. The highest BCUT2D eigenvalue weighted by molar-refractivity contribution is 5.95. The molecule has 0 aliphatic heterocycles. The van der Waals surface area contributed by atoms with E-state index in [1.54, 1.807) is 36.4 Å². The van der Waals surface area contributed by atoms with Gasteiger partial charge < -0.3 is 9.47 Å². The van der Waals surface area contributed by atoms with Gasteiger partial charge in [-0.25, -0.2) is 10.2 Å². The van der Waals surface area contributed by atoms with Crippen molar-refractivity contribution in [3.8, 4) is 11.5 Å². The van der Waals surface area contributed by atoms with Crippen LogP contribution in [0.15, 0.2) is 84.0 Å². The topological polar surface area (TPSA) is 77.0 Å². The Hall–Kier alpha value is -4.19. The molecule has 0 aliphatic carbocycles. The third-order valence-electron chi connectivity index (χ3n) is 5.00. The fraction of sp³-hybridized carbons (Fsp3) is 0.179. The summed E-state index contributed by atoms with van der Waals surface area (Å²) in [6.07, 6.45) is 4.52. The van der Waals surface area contributed by atoms with Crippen LogP contribution in [-0.2, 0) is 10.2 Å². The van der Waals surface area contributed by atoms with Crippen LogP contribution in [-0.4, -0.2) is 25.2 Å². The Labute approximate surface area is 199 Å². The minimum absolute atomic E-state index is 0.0187. The number of hydrogen-bond donors (Lipinski definition) is 1. The third-order valence-corrected chi connectivity index (χ3v) is 5.00. The highest BCUT2D eigenvalue weighted by Gasteiger charge is 2.14. The molecule has 0 aliphatic rings. The molecule has 6 heteroatoms. The smallest absolute Gasteiger partial charge is 0.336 e. The molecule has 34 heavy (non-hydrogen) atoms. The first-order valence-corrected chi connectivity index (χ1v) is 10.8. The minimum Gasteiger partial charge on any atom is -0.493 e. The molecule has 0 spiro atoms. The zero-order valence-corrected chi connectivity index (χ0v) is 19.7. The second-order valence-corrected chi connectivity index (χ2v) is 8.60. The van der Waals surface area contributed by atoms with Crippen molar-refractivity contribution in [3.63, 3.8) is 0 Å². The Kier molecular flexibility index (Phi) is 7.98. The molecule has 0 heterocycles. The zero-order chi connectivity index (χ0) is 24.6. The monoisotopic (exact) mass is 456 g/mol. The number of benzene rings is 3. The number of ether oxygens (including phenoxy) is 2. The van der Waals surface area contributed by atoms with E-state index in [4.69, 9.17) is 9.47 Å². The van der Waals surface area contributed by atoms with Gasteiger partial charge in [0.1, 0.15) is 0 Å². The Morgan fingerprint density at radius 1 is 0.882 bits per heavy atom. The Morgan fingerprint density at radius 2 is 1.59 bits per heavy atom. The zero-order valence-electron chi connectivity index (χ0n) is 19.7. The number of nitrogens with zero attached hydrogens (tertiary/aromatic N) is 1. The third kappa shape index (κ3) is 6.90. The molecule has 0 unspecified atom stereocenters. The van der Waals surface area contributed by atoms with Crippen molar-refractivity contribution in [1.29, 1.82) is 0 Å². The average Bonchev–Trinajstić information content (AvgIpc) is 2.83. The quantitative estimate of drug-likeness (QED) is 0.170. The van der Waals surface area contributed by atoms with Crippen LogP contribution < -0.4 is 14.9 Å². The summed E-state index contributed by atoms with van der Waals surface area (Å²) in [7, 11) is 1.48. The molecular formula is C28H28N2O4. The molecule has 0 aromatic heterocycles. The SMILES string of the molecule is COc1cc(/C=N/NC(=O)c2ccc(C(C)(C)C)cc2)ccc1OC(=O)/C=C/c1ccccc1. The summed E-state index contributed by atoms with van der Waals surface area (Å²) in [6, 6.07) is 21.9. The molecule has 0 bridgehead atoms. The van der Waals surface area contributed by atoms with Crippen LogP contribution >= 0.6 is 0 Å². The summed E-state index contributed by atoms with van der Waals surface area (Å²) in [5.41, 5.74) is 5.77. The Morgan fingerprint density at radius 3 is 2.24 bits per heavy atom. The summed E-state index contributed by atoms with van der Waals surface area (Å²) in [5, 5.41) is 4.02. The van der Waals surface area contributed by atoms with Gasteiger partial charge in [-0.15, -0.1) is 0 Å². The van der Waals surface area contributed by atoms with Gasteiger partial charge in [0.15, 0.2) is 11.5 Å². The maximum atomic E-state index is 12.3. The van der Waals surface area contributed by atoms with E-state index in [1.165, 1.54) is 19.4 Å². The van der Waals surface area contributed by atoms with Crippen LogP contribution in [0.1, 0.15) is 47.8 Å². The van der Waals surface area contributed by atoms with Crippen LogP contribution in [0, 0.1) is 0 Å². The highest BCUT2D eigenvalue weighted by Crippen LogP contribution is 2.28. The summed E-state index contributed by atoms with van der Waals surface area (Å²) in [4.78, 5) is 24.5. The number of carbonyl (C=O) groups excluding carboxylic acids is 2. The maximum absolute atomic E-state index is 12.3. The van der Waals surface area contributed by atoms with Gasteiger partial charge in [-0.1, -0.05) is 63.2 Å². The van der Waals surface area contributed by atoms with E-state index in [0.717, 1.165) is 11.1 Å². The predicted molar refractivity (Wildman–Crippen MR) is 134 cm³/mol. The van der Waals surface area contributed by atoms with Crippen molar-refractivity contribution in [3.05, 3.63) is 101 Å². The first-order chi connectivity index (χ1) is 16.3. The van der Waals surface area contributed by atoms with Gasteiger partial charge in [-0.3, -0.25) is 4.79 Å². The van der Waals surface area contributed by atoms with Gasteiger partial charge in [0.05, 0.1) is 13.3 Å². The highest BCUT2D eigenvalue weighted by atomic mass is 16.6. The summed E-state index contributed by atoms with van der Waals surface area (Å²) >= 11 is 0. The fourth-order valence-electron chi connectivity index (χ4n) is 3.07. The molecule has 6 nitrogen and oxygen atoms in total. The van der Waals surface area contributed by atoms with Crippen LogP contribution in [0.4, 0.5) is 0 Å². The molecule has 1 amide bonds. The summed E-state index contributed by atoms with van der Waals surface area (Å²) in [6.45, 7) is 6.36. The largest absolute Gasteiger partial charge is 0.493 e. The van der Waals surface area contributed by atoms with E-state index in [0.29, 0.717) is 16.9 Å². The molecule has 0 atom stereocenters. The van der Waals surface area contributed by atoms with E-state index in [1.807, 2.05) is 42.5 Å². The van der Waals surface area contributed by atoms with E-state index < -0.39 is 5.97 Å². The number of methoxy groups -OCH3 is 1. The van der Waals surface area contributed by atoms with Crippen molar-refractivity contribution in [1.82, 2.24) is 5.43 Å². The number of amides is 1. The Balaban J connectivity index is 1.60. The van der Waals surface area contributed by atoms with Crippen molar-refractivity contribution in [2.75, 3.05) is 7.11 Å². The number of carbonyl (C=O) groups is 2. The van der Waals surface area contributed by atoms with E-state index >= 15 is 0 Å². The molecule has 3 rings (SSSR count). The number of esters is 1. The molecule has 0 saturated carbocycles. The lowest BCUT2D eigenvalue weighted by Crippen LogP contribution is -2.18. The van der Waals surface area contributed by atoms with Gasteiger partial charge in [-0.05, 0) is 58.5 Å². The van der Waals surface area contributed by atoms with Crippen molar-refractivity contribution in [2.45, 2.75) is 26.2 Å². The van der Waals surface area contributed by atoms with Crippen LogP contribution in [0.5, 0.6) is 11.5 Å². The second kappa shape index (κ2) is 11.1. The summed E-state index contributed by atoms with van der Waals surface area (Å²) in [5.74, 6) is -0.174. The standard InChI is InChI=1S/C28H28N2O4/c1-28(2,3)23-14-12-22(13-15-23)27(32)30-29-19-21-10-16-24(25(18-21)33-4)34-26(31)17-11-20-8-6-5-7-9-20/h5-19H,1-4H3,(H,30,32)/b17-11+,29-19+. The van der Waals surface area contributed by atoms with Crippen molar-refractivity contribution in [2.24, 2.45) is 5.10 Å². The fourth-order valence-corrected chi connectivity index (χ4v) is 3.07. The van der Waals surface area contributed by atoms with Crippen molar-refractivity contribution < 1.29 is 19.1 Å². The number of nitrogens with one attached hydrogen (secondary N) is 1. The first-order valence-electron chi connectivity index (χ1n) is 10.8. The van der Waals surface area contributed by atoms with E-state index in [-0.39, 0.29) is 17.1 Å². The number of rotatable bonds is 7. The summed E-state index contributed by atoms with van der Waals surface area (Å²) < 4.78 is 10.7. The van der Waals surface area contributed by atoms with Gasteiger partial charge in [-0.2, -0.15) is 5.10 Å². The average molecular weight is 457 g/mol. The number of hydrazone groups is 1. The van der Waals surface area contributed by atoms with E-state index in [2.05, 4.69) is 31.3 Å². The lowest BCUT2D eigenvalue weighted by molar-refractivity contribution is -0.129. The van der Waals surface area contributed by atoms with Gasteiger partial charge in [0.2, 0.25) is 0 Å². The lowest BCUT2D eigenvalue weighted by Gasteiger charge is -2.18. The second-order valence-electron chi connectivity index (χ2n) is 8.60. The molecular weight excluding hydrogens is 428 g/mol. The van der Waals surface area contributed by atoms with Crippen LogP contribution in [0.2, 0.25) is 0 Å². The molecule has 3 aromatic carbocycles. The minimum atomic E-state index is -0.520. The molecule has 1 N–H and O–H groups in total. The first kappa shape index (κ1) is 24.5. The predicted octanol–water partition coefficient (Wildman–Crippen LogP) is 5.38. The Bertz CT molecular complexity index is 1190.